The highest BCUT2D eigenvalue weighted by Gasteiger charge is 2.13. The number of hydrogen-bond acceptors (Lipinski definition) is 2. The van der Waals surface area contributed by atoms with Crippen molar-refractivity contribution in [2.45, 2.75) is 0 Å². The SMILES string of the molecule is O=C(C=Cc1ccc(F)c(Cl)c1)N1CCOCC1. The molecule has 0 N–H and O–H groups in total. The number of nitrogens with zero attached hydrogens (tertiary/aromatic N) is 1. The van der Waals surface area contributed by atoms with E-state index < -0.39 is 5.82 Å². The summed E-state index contributed by atoms with van der Waals surface area (Å²) in [5.74, 6) is -0.535. The number of halogens is 2. The maximum Gasteiger partial charge on any atom is 0.246 e. The highest BCUT2D eigenvalue weighted by molar-refractivity contribution is 6.30. The second-order valence-electron chi connectivity index (χ2n) is 3.94. The largest absolute Gasteiger partial charge is 0.378 e. The van der Waals surface area contributed by atoms with Crippen molar-refractivity contribution in [3.63, 3.8) is 0 Å². The van der Waals surface area contributed by atoms with E-state index in [0.29, 0.717) is 31.9 Å². The van der Waals surface area contributed by atoms with Crippen LogP contribution in [0.2, 0.25) is 5.02 Å². The minimum absolute atomic E-state index is 0.0518. The van der Waals surface area contributed by atoms with E-state index in [9.17, 15) is 9.18 Å². The van der Waals surface area contributed by atoms with Crippen molar-refractivity contribution < 1.29 is 13.9 Å². The Hall–Kier alpha value is -1.39. The van der Waals surface area contributed by atoms with Crippen LogP contribution in [0.4, 0.5) is 4.39 Å². The van der Waals surface area contributed by atoms with E-state index in [4.69, 9.17) is 16.3 Å². The Morgan fingerprint density at radius 2 is 2.11 bits per heavy atom. The zero-order chi connectivity index (χ0) is 13.0. The van der Waals surface area contributed by atoms with Crippen LogP contribution < -0.4 is 0 Å². The molecule has 0 saturated carbocycles. The number of hydrogen-bond donors (Lipinski definition) is 0. The molecule has 0 spiro atoms. The summed E-state index contributed by atoms with van der Waals surface area (Å²) >= 11 is 5.66. The molecule has 0 aliphatic carbocycles. The molecule has 1 heterocycles. The van der Waals surface area contributed by atoms with E-state index in [0.717, 1.165) is 0 Å². The predicted octanol–water partition coefficient (Wildman–Crippen LogP) is 2.35. The fraction of sp³-hybridized carbons (Fsp3) is 0.308. The zero-order valence-corrected chi connectivity index (χ0v) is 10.5. The molecule has 2 rings (SSSR count). The predicted molar refractivity (Wildman–Crippen MR) is 67.8 cm³/mol. The highest BCUT2D eigenvalue weighted by atomic mass is 35.5. The van der Waals surface area contributed by atoms with Crippen LogP contribution in [0.3, 0.4) is 0 Å². The number of amides is 1. The van der Waals surface area contributed by atoms with Gasteiger partial charge in [0.05, 0.1) is 18.2 Å². The molecule has 3 nitrogen and oxygen atoms in total. The highest BCUT2D eigenvalue weighted by Crippen LogP contribution is 2.16. The molecule has 0 atom stereocenters. The fourth-order valence-electron chi connectivity index (χ4n) is 1.67. The molecule has 0 radical (unpaired) electrons. The van der Waals surface area contributed by atoms with E-state index >= 15 is 0 Å². The molecule has 96 valence electrons. The number of ether oxygens (including phenoxy) is 1. The first kappa shape index (κ1) is 13.1. The van der Waals surface area contributed by atoms with Crippen molar-refractivity contribution in [3.05, 3.63) is 40.7 Å². The Labute approximate surface area is 110 Å². The van der Waals surface area contributed by atoms with Crippen molar-refractivity contribution in [1.29, 1.82) is 0 Å². The van der Waals surface area contributed by atoms with Gasteiger partial charge in [-0.25, -0.2) is 4.39 Å². The maximum absolute atomic E-state index is 12.9. The summed E-state index contributed by atoms with van der Waals surface area (Å²) < 4.78 is 18.1. The average molecular weight is 270 g/mol. The van der Waals surface area contributed by atoms with Gasteiger partial charge in [-0.1, -0.05) is 17.7 Å². The number of morpholine rings is 1. The lowest BCUT2D eigenvalue weighted by atomic mass is 10.2. The molecule has 1 aromatic rings. The zero-order valence-electron chi connectivity index (χ0n) is 9.73. The normalized spacial score (nSPS) is 16.2. The van der Waals surface area contributed by atoms with E-state index in [2.05, 4.69) is 0 Å². The van der Waals surface area contributed by atoms with E-state index in [-0.39, 0.29) is 10.9 Å². The van der Waals surface area contributed by atoms with Gasteiger partial charge < -0.3 is 9.64 Å². The maximum atomic E-state index is 12.9. The number of carbonyl (C=O) groups excluding carboxylic acids is 1. The first-order chi connectivity index (χ1) is 8.66. The fourth-order valence-corrected chi connectivity index (χ4v) is 1.86. The van der Waals surface area contributed by atoms with Gasteiger partial charge in [0.1, 0.15) is 5.82 Å². The van der Waals surface area contributed by atoms with Gasteiger partial charge in [-0.2, -0.15) is 0 Å². The van der Waals surface area contributed by atoms with Gasteiger partial charge >= 0.3 is 0 Å². The second-order valence-corrected chi connectivity index (χ2v) is 4.35. The molecule has 0 bridgehead atoms. The minimum atomic E-state index is -0.465. The molecule has 1 fully saturated rings. The van der Waals surface area contributed by atoms with Crippen molar-refractivity contribution in [2.75, 3.05) is 26.3 Å². The van der Waals surface area contributed by atoms with Crippen LogP contribution in [0.5, 0.6) is 0 Å². The summed E-state index contributed by atoms with van der Waals surface area (Å²) in [4.78, 5) is 13.5. The lowest BCUT2D eigenvalue weighted by Crippen LogP contribution is -2.39. The lowest BCUT2D eigenvalue weighted by molar-refractivity contribution is -0.129. The number of rotatable bonds is 2. The van der Waals surface area contributed by atoms with Gasteiger partial charge in [-0.15, -0.1) is 0 Å². The Balaban J connectivity index is 2.01. The van der Waals surface area contributed by atoms with Gasteiger partial charge in [-0.05, 0) is 23.8 Å². The Morgan fingerprint density at radius 3 is 2.78 bits per heavy atom. The minimum Gasteiger partial charge on any atom is -0.378 e. The first-order valence-corrected chi connectivity index (χ1v) is 6.04. The van der Waals surface area contributed by atoms with Crippen LogP contribution in [-0.4, -0.2) is 37.1 Å². The number of benzene rings is 1. The summed E-state index contributed by atoms with van der Waals surface area (Å²) in [6, 6.07) is 4.34. The Bertz CT molecular complexity index is 470. The molecular formula is C13H13ClFNO2. The van der Waals surface area contributed by atoms with Crippen molar-refractivity contribution >= 4 is 23.6 Å². The third kappa shape index (κ3) is 3.31. The van der Waals surface area contributed by atoms with Crippen molar-refractivity contribution in [2.24, 2.45) is 0 Å². The van der Waals surface area contributed by atoms with E-state index in [1.54, 1.807) is 17.0 Å². The topological polar surface area (TPSA) is 29.5 Å². The molecule has 1 amide bonds. The monoisotopic (exact) mass is 269 g/mol. The van der Waals surface area contributed by atoms with Crippen LogP contribution >= 0.6 is 11.6 Å². The van der Waals surface area contributed by atoms with Gasteiger partial charge in [0, 0.05) is 19.2 Å². The van der Waals surface area contributed by atoms with Crippen LogP contribution in [0.25, 0.3) is 6.08 Å². The van der Waals surface area contributed by atoms with Crippen LogP contribution in [-0.2, 0) is 9.53 Å². The standard InChI is InChI=1S/C13H13ClFNO2/c14-11-9-10(1-3-12(11)15)2-4-13(17)16-5-7-18-8-6-16/h1-4,9H,5-8H2. The molecule has 0 unspecified atom stereocenters. The summed E-state index contributed by atoms with van der Waals surface area (Å²) in [6.07, 6.45) is 3.10. The molecule has 1 aliphatic rings. The first-order valence-electron chi connectivity index (χ1n) is 5.66. The third-order valence-corrected chi connectivity index (χ3v) is 2.97. The Morgan fingerprint density at radius 1 is 1.39 bits per heavy atom. The Kier molecular flexibility index (Phi) is 4.33. The summed E-state index contributed by atoms with van der Waals surface area (Å²) in [5, 5.41) is 0.0518. The average Bonchev–Trinajstić information content (AvgIpc) is 2.41. The smallest absolute Gasteiger partial charge is 0.246 e. The molecule has 5 heteroatoms. The quantitative estimate of drug-likeness (QED) is 0.772. The molecular weight excluding hydrogens is 257 g/mol. The molecule has 1 aromatic carbocycles. The number of carbonyl (C=O) groups is 1. The van der Waals surface area contributed by atoms with Crippen LogP contribution in [0, 0.1) is 5.82 Å². The summed E-state index contributed by atoms with van der Waals surface area (Å²) in [7, 11) is 0. The molecule has 1 aliphatic heterocycles. The second kappa shape index (κ2) is 5.98. The van der Waals surface area contributed by atoms with Gasteiger partial charge in [0.2, 0.25) is 5.91 Å². The third-order valence-electron chi connectivity index (χ3n) is 2.68. The molecule has 18 heavy (non-hydrogen) atoms. The van der Waals surface area contributed by atoms with Crippen LogP contribution in [0.15, 0.2) is 24.3 Å². The van der Waals surface area contributed by atoms with Gasteiger partial charge in [-0.3, -0.25) is 4.79 Å². The van der Waals surface area contributed by atoms with Crippen molar-refractivity contribution in [1.82, 2.24) is 4.90 Å². The van der Waals surface area contributed by atoms with E-state index in [1.165, 1.54) is 18.2 Å². The molecule has 1 saturated heterocycles. The van der Waals surface area contributed by atoms with E-state index in [1.807, 2.05) is 0 Å². The lowest BCUT2D eigenvalue weighted by Gasteiger charge is -2.25. The van der Waals surface area contributed by atoms with Crippen molar-refractivity contribution in [3.8, 4) is 0 Å². The summed E-state index contributed by atoms with van der Waals surface area (Å²) in [5.41, 5.74) is 0.697. The van der Waals surface area contributed by atoms with Crippen LogP contribution in [0.1, 0.15) is 5.56 Å². The van der Waals surface area contributed by atoms with Gasteiger partial charge in [0.15, 0.2) is 0 Å². The summed E-state index contributed by atoms with van der Waals surface area (Å²) in [6.45, 7) is 2.35. The molecule has 0 aromatic heterocycles. The van der Waals surface area contributed by atoms with Gasteiger partial charge in [0.25, 0.3) is 0 Å².